The van der Waals surface area contributed by atoms with Crippen LogP contribution in [-0.2, 0) is 6.54 Å². The molecule has 1 N–H and O–H groups in total. The van der Waals surface area contributed by atoms with Crippen molar-refractivity contribution in [1.82, 2.24) is 5.32 Å². The first-order chi connectivity index (χ1) is 7.29. The van der Waals surface area contributed by atoms with Crippen molar-refractivity contribution in [3.63, 3.8) is 0 Å². The van der Waals surface area contributed by atoms with E-state index < -0.39 is 0 Å². The maximum absolute atomic E-state index is 5.96. The normalized spacial score (nSPS) is 15.3. The lowest BCUT2D eigenvalue weighted by Gasteiger charge is -2.11. The van der Waals surface area contributed by atoms with Crippen LogP contribution in [0.3, 0.4) is 0 Å². The van der Waals surface area contributed by atoms with Crippen molar-refractivity contribution in [2.24, 2.45) is 0 Å². The third kappa shape index (κ3) is 3.11. The quantitative estimate of drug-likeness (QED) is 0.832. The van der Waals surface area contributed by atoms with Crippen LogP contribution in [-0.4, -0.2) is 12.6 Å². The van der Waals surface area contributed by atoms with E-state index >= 15 is 0 Å². The summed E-state index contributed by atoms with van der Waals surface area (Å²) in [6.07, 6.45) is 2.59. The summed E-state index contributed by atoms with van der Waals surface area (Å²) >= 11 is 5.96. The SMILES string of the molecule is CCOc1ccc(Cl)cc1CNC1CC1. The minimum atomic E-state index is 0.693. The summed E-state index contributed by atoms with van der Waals surface area (Å²) in [7, 11) is 0. The van der Waals surface area contributed by atoms with Gasteiger partial charge in [-0.05, 0) is 38.0 Å². The highest BCUT2D eigenvalue weighted by molar-refractivity contribution is 6.30. The van der Waals surface area contributed by atoms with Gasteiger partial charge < -0.3 is 10.1 Å². The fraction of sp³-hybridized carbons (Fsp3) is 0.500. The summed E-state index contributed by atoms with van der Waals surface area (Å²) in [5.41, 5.74) is 1.15. The molecule has 0 unspecified atom stereocenters. The third-order valence-corrected chi connectivity index (χ3v) is 2.72. The predicted molar refractivity (Wildman–Crippen MR) is 62.5 cm³/mol. The number of benzene rings is 1. The van der Waals surface area contributed by atoms with Crippen LogP contribution >= 0.6 is 11.6 Å². The van der Waals surface area contributed by atoms with E-state index in [1.54, 1.807) is 0 Å². The van der Waals surface area contributed by atoms with Crippen LogP contribution in [0.1, 0.15) is 25.3 Å². The van der Waals surface area contributed by atoms with E-state index in [4.69, 9.17) is 16.3 Å². The standard InChI is InChI=1S/C12H16ClNO/c1-2-15-12-6-3-10(13)7-9(12)8-14-11-4-5-11/h3,6-7,11,14H,2,4-5,8H2,1H3. The van der Waals surface area contributed by atoms with E-state index in [9.17, 15) is 0 Å². The van der Waals surface area contributed by atoms with Gasteiger partial charge in [-0.1, -0.05) is 11.6 Å². The van der Waals surface area contributed by atoms with E-state index in [0.717, 1.165) is 22.9 Å². The highest BCUT2D eigenvalue weighted by atomic mass is 35.5. The highest BCUT2D eigenvalue weighted by Crippen LogP contribution is 2.25. The molecular formula is C12H16ClNO. The Morgan fingerprint density at radius 1 is 1.47 bits per heavy atom. The topological polar surface area (TPSA) is 21.3 Å². The Kier molecular flexibility index (Phi) is 3.49. The number of halogens is 1. The van der Waals surface area contributed by atoms with E-state index in [1.807, 2.05) is 25.1 Å². The molecule has 2 rings (SSSR count). The van der Waals surface area contributed by atoms with Gasteiger partial charge in [0.25, 0.3) is 0 Å². The summed E-state index contributed by atoms with van der Waals surface area (Å²) in [6, 6.07) is 6.49. The van der Waals surface area contributed by atoms with Crippen LogP contribution in [0.15, 0.2) is 18.2 Å². The summed E-state index contributed by atoms with van der Waals surface area (Å²) in [6.45, 7) is 3.53. The fourth-order valence-corrected chi connectivity index (χ4v) is 1.72. The number of nitrogens with one attached hydrogen (secondary N) is 1. The van der Waals surface area contributed by atoms with Crippen LogP contribution in [0, 0.1) is 0 Å². The summed E-state index contributed by atoms with van der Waals surface area (Å²) in [4.78, 5) is 0. The molecule has 0 spiro atoms. The molecule has 1 aromatic carbocycles. The van der Waals surface area contributed by atoms with Crippen LogP contribution < -0.4 is 10.1 Å². The Balaban J connectivity index is 2.05. The molecule has 0 saturated heterocycles. The lowest BCUT2D eigenvalue weighted by molar-refractivity contribution is 0.335. The molecule has 1 aromatic rings. The molecule has 0 bridgehead atoms. The molecule has 82 valence electrons. The zero-order valence-electron chi connectivity index (χ0n) is 8.92. The molecular weight excluding hydrogens is 210 g/mol. The molecule has 2 nitrogen and oxygen atoms in total. The van der Waals surface area contributed by atoms with Gasteiger partial charge in [-0.2, -0.15) is 0 Å². The van der Waals surface area contributed by atoms with E-state index in [1.165, 1.54) is 12.8 Å². The molecule has 3 heteroatoms. The third-order valence-electron chi connectivity index (χ3n) is 2.48. The number of hydrogen-bond donors (Lipinski definition) is 1. The van der Waals surface area contributed by atoms with Crippen LogP contribution in [0.25, 0.3) is 0 Å². The van der Waals surface area contributed by atoms with Gasteiger partial charge in [0.05, 0.1) is 6.61 Å². The van der Waals surface area contributed by atoms with Gasteiger partial charge in [0, 0.05) is 23.2 Å². The first-order valence-corrected chi connectivity index (χ1v) is 5.82. The first kappa shape index (κ1) is 10.8. The lowest BCUT2D eigenvalue weighted by Crippen LogP contribution is -2.16. The molecule has 0 atom stereocenters. The van der Waals surface area contributed by atoms with Gasteiger partial charge in [0.1, 0.15) is 5.75 Å². The maximum atomic E-state index is 5.96. The average Bonchev–Trinajstić information content (AvgIpc) is 3.02. The van der Waals surface area contributed by atoms with Crippen molar-refractivity contribution in [2.45, 2.75) is 32.4 Å². The largest absolute Gasteiger partial charge is 0.494 e. The molecule has 0 aliphatic heterocycles. The highest BCUT2D eigenvalue weighted by Gasteiger charge is 2.20. The minimum Gasteiger partial charge on any atom is -0.494 e. The second kappa shape index (κ2) is 4.86. The van der Waals surface area contributed by atoms with Gasteiger partial charge in [0.2, 0.25) is 0 Å². The summed E-state index contributed by atoms with van der Waals surface area (Å²) in [5, 5.41) is 4.23. The second-order valence-corrected chi connectivity index (χ2v) is 4.28. The number of hydrogen-bond acceptors (Lipinski definition) is 2. The molecule has 1 saturated carbocycles. The zero-order valence-corrected chi connectivity index (χ0v) is 9.68. The molecule has 1 aliphatic rings. The number of rotatable bonds is 5. The molecule has 0 amide bonds. The zero-order chi connectivity index (χ0) is 10.7. The van der Waals surface area contributed by atoms with E-state index in [-0.39, 0.29) is 0 Å². The second-order valence-electron chi connectivity index (χ2n) is 3.84. The summed E-state index contributed by atoms with van der Waals surface area (Å²) < 4.78 is 5.55. The van der Waals surface area contributed by atoms with Crippen LogP contribution in [0.2, 0.25) is 5.02 Å². The van der Waals surface area contributed by atoms with Crippen molar-refractivity contribution < 1.29 is 4.74 Å². The summed E-state index contributed by atoms with van der Waals surface area (Å²) in [5.74, 6) is 0.940. The van der Waals surface area contributed by atoms with Gasteiger partial charge in [-0.3, -0.25) is 0 Å². The Labute approximate surface area is 95.6 Å². The van der Waals surface area contributed by atoms with Crippen molar-refractivity contribution in [2.75, 3.05) is 6.61 Å². The lowest BCUT2D eigenvalue weighted by atomic mass is 10.2. The fourth-order valence-electron chi connectivity index (χ4n) is 1.52. The van der Waals surface area contributed by atoms with Crippen LogP contribution in [0.5, 0.6) is 5.75 Å². The van der Waals surface area contributed by atoms with Crippen LogP contribution in [0.4, 0.5) is 0 Å². The Morgan fingerprint density at radius 3 is 2.93 bits per heavy atom. The molecule has 1 aliphatic carbocycles. The van der Waals surface area contributed by atoms with Crippen molar-refractivity contribution in [3.05, 3.63) is 28.8 Å². The monoisotopic (exact) mass is 225 g/mol. The predicted octanol–water partition coefficient (Wildman–Crippen LogP) is 2.99. The van der Waals surface area contributed by atoms with Crippen molar-refractivity contribution in [3.8, 4) is 5.75 Å². The van der Waals surface area contributed by atoms with Crippen molar-refractivity contribution >= 4 is 11.6 Å². The van der Waals surface area contributed by atoms with Crippen molar-refractivity contribution in [1.29, 1.82) is 0 Å². The van der Waals surface area contributed by atoms with Gasteiger partial charge in [0.15, 0.2) is 0 Å². The number of ether oxygens (including phenoxy) is 1. The molecule has 0 heterocycles. The minimum absolute atomic E-state index is 0.693. The van der Waals surface area contributed by atoms with E-state index in [0.29, 0.717) is 12.6 Å². The first-order valence-electron chi connectivity index (χ1n) is 5.44. The molecule has 15 heavy (non-hydrogen) atoms. The van der Waals surface area contributed by atoms with E-state index in [2.05, 4.69) is 5.32 Å². The van der Waals surface area contributed by atoms with Gasteiger partial charge >= 0.3 is 0 Å². The average molecular weight is 226 g/mol. The Hall–Kier alpha value is -0.730. The van der Waals surface area contributed by atoms with Gasteiger partial charge in [-0.15, -0.1) is 0 Å². The molecule has 0 radical (unpaired) electrons. The molecule has 0 aromatic heterocycles. The Bertz CT molecular complexity index is 336. The maximum Gasteiger partial charge on any atom is 0.123 e. The van der Waals surface area contributed by atoms with Gasteiger partial charge in [-0.25, -0.2) is 0 Å². The Morgan fingerprint density at radius 2 is 2.27 bits per heavy atom. The molecule has 1 fully saturated rings. The smallest absolute Gasteiger partial charge is 0.123 e.